The molecule has 10 nitrogen and oxygen atoms in total. The van der Waals surface area contributed by atoms with Crippen LogP contribution >= 0.6 is 82.4 Å². The van der Waals surface area contributed by atoms with Gasteiger partial charge in [0, 0.05) is 52.5 Å². The molecule has 0 aromatic heterocycles. The number of carbonyl (C=O) groups excluding carboxylic acids is 2. The van der Waals surface area contributed by atoms with E-state index >= 15 is 0 Å². The summed E-state index contributed by atoms with van der Waals surface area (Å²) in [5.41, 5.74) is 0. The lowest BCUT2D eigenvalue weighted by molar-refractivity contribution is -0.143. The Morgan fingerprint density at radius 3 is 1.39 bits per heavy atom. The van der Waals surface area contributed by atoms with Gasteiger partial charge in [0.05, 0.1) is 34.3 Å². The third kappa shape index (κ3) is 15.6. The van der Waals surface area contributed by atoms with Gasteiger partial charge in [-0.25, -0.2) is 9.59 Å². The van der Waals surface area contributed by atoms with Crippen molar-refractivity contribution in [1.82, 2.24) is 9.80 Å². The maximum absolute atomic E-state index is 11.0. The first-order chi connectivity index (χ1) is 19.0. The van der Waals surface area contributed by atoms with E-state index in [1.54, 1.807) is 38.0 Å². The van der Waals surface area contributed by atoms with Gasteiger partial charge in [-0.05, 0) is 24.4 Å². The molecule has 0 saturated heterocycles. The highest BCUT2D eigenvalue weighted by Gasteiger charge is 2.14. The Morgan fingerprint density at radius 1 is 0.756 bits per heavy atom. The zero-order valence-electron chi connectivity index (χ0n) is 22.6. The van der Waals surface area contributed by atoms with Gasteiger partial charge in [-0.3, -0.25) is 0 Å². The topological polar surface area (TPSA) is 107 Å². The fourth-order valence-corrected chi connectivity index (χ4v) is 3.02. The molecule has 2 aromatic rings. The van der Waals surface area contributed by atoms with Gasteiger partial charge in [-0.1, -0.05) is 58.0 Å². The molecule has 0 aliphatic carbocycles. The molecule has 0 atom stereocenters. The molecule has 2 rings (SSSR count). The predicted octanol–water partition coefficient (Wildman–Crippen LogP) is 6.09. The van der Waals surface area contributed by atoms with Crippen molar-refractivity contribution in [3.8, 4) is 23.0 Å². The van der Waals surface area contributed by atoms with Crippen molar-refractivity contribution in [2.75, 3.05) is 55.6 Å². The first kappa shape index (κ1) is 38.8. The molecule has 1 N–H and O–H groups in total. The number of methoxy groups -OCH3 is 2. The molecule has 0 fully saturated rings. The van der Waals surface area contributed by atoms with Gasteiger partial charge >= 0.3 is 11.9 Å². The van der Waals surface area contributed by atoms with Crippen LogP contribution in [0.15, 0.2) is 24.3 Å². The van der Waals surface area contributed by atoms with Crippen molar-refractivity contribution in [3.63, 3.8) is 0 Å². The molecule has 0 radical (unpaired) electrons. The van der Waals surface area contributed by atoms with Gasteiger partial charge in [-0.2, -0.15) is 0 Å². The number of nitrogens with zero attached hydrogens (tertiary/aromatic N) is 2. The standard InChI is InChI=1S/C12H13Cl2NO4S.C9H8Cl2O4.C3H6ClNS/c1-15(2)12(20)19-11-8(13)4-7(5-9(11)14)18-6-10(16)17-3;1-14-8(12)4-15-5-2-6(10)9(13)7(11)3-5;1-5(2)3(4)6/h4-5H,6H2,1-3H3;2-3,13H,4H2,1H3;1-2H3. The summed E-state index contributed by atoms with van der Waals surface area (Å²) in [6, 6.07) is 5.66. The summed E-state index contributed by atoms with van der Waals surface area (Å²) < 4.78 is 24.8. The van der Waals surface area contributed by atoms with E-state index in [9.17, 15) is 14.7 Å². The summed E-state index contributed by atoms with van der Waals surface area (Å²) in [4.78, 5) is 25.0. The number of thiocarbonyl (C=S) groups is 2. The van der Waals surface area contributed by atoms with E-state index in [-0.39, 0.29) is 55.7 Å². The van der Waals surface area contributed by atoms with E-state index in [1.807, 2.05) is 0 Å². The summed E-state index contributed by atoms with van der Waals surface area (Å²) in [6.07, 6.45) is 0. The Bertz CT molecular complexity index is 1170. The van der Waals surface area contributed by atoms with E-state index in [0.29, 0.717) is 10.2 Å². The quantitative estimate of drug-likeness (QED) is 0.155. The molecule has 0 unspecified atom stereocenters. The molecular formula is C24H27Cl5N2O8S2. The molecule has 0 heterocycles. The lowest BCUT2D eigenvalue weighted by Crippen LogP contribution is -2.25. The molecular weight excluding hydrogens is 686 g/mol. The van der Waals surface area contributed by atoms with E-state index in [0.717, 1.165) is 0 Å². The monoisotopic (exact) mass is 710 g/mol. The molecule has 17 heteroatoms. The van der Waals surface area contributed by atoms with Gasteiger partial charge in [-0.15, -0.1) is 0 Å². The van der Waals surface area contributed by atoms with Crippen molar-refractivity contribution in [2.24, 2.45) is 0 Å². The van der Waals surface area contributed by atoms with Gasteiger partial charge in [0.2, 0.25) is 0 Å². The predicted molar refractivity (Wildman–Crippen MR) is 169 cm³/mol. The Balaban J connectivity index is 0.000000669. The molecule has 0 spiro atoms. The average Bonchev–Trinajstić information content (AvgIpc) is 2.91. The van der Waals surface area contributed by atoms with Crippen molar-refractivity contribution >= 4 is 104 Å². The minimum absolute atomic E-state index is 0.0577. The molecule has 0 aliphatic rings. The summed E-state index contributed by atoms with van der Waals surface area (Å²) in [7, 11) is 9.59. The van der Waals surface area contributed by atoms with Gasteiger partial charge < -0.3 is 38.6 Å². The Labute approximate surface area is 273 Å². The number of ether oxygens (including phenoxy) is 5. The minimum Gasteiger partial charge on any atom is -0.505 e. The number of phenolic OH excluding ortho intramolecular Hbond substituents is 1. The number of halogens is 5. The zero-order valence-corrected chi connectivity index (χ0v) is 28.0. The van der Waals surface area contributed by atoms with E-state index in [4.69, 9.17) is 84.4 Å². The summed E-state index contributed by atoms with van der Waals surface area (Å²) in [5.74, 6) is -0.399. The number of rotatable bonds is 7. The number of phenols is 1. The Morgan fingerprint density at radius 2 is 1.10 bits per heavy atom. The SMILES string of the molecule is CN(C)C(=S)Cl.COC(=O)COc1cc(Cl)c(O)c(Cl)c1.COC(=O)COc1cc(Cl)c(OC(=S)N(C)C)c(Cl)c1. The molecule has 228 valence electrons. The number of hydrogen-bond donors (Lipinski definition) is 1. The number of aromatic hydroxyl groups is 1. The Kier molecular flexibility index (Phi) is 18.8. The molecule has 0 bridgehead atoms. The zero-order chi connectivity index (χ0) is 31.9. The first-order valence-electron chi connectivity index (χ1n) is 10.9. The van der Waals surface area contributed by atoms with Crippen LogP contribution in [0.2, 0.25) is 20.1 Å². The molecule has 2 aromatic carbocycles. The first-order valence-corrected chi connectivity index (χ1v) is 13.6. The van der Waals surface area contributed by atoms with Crippen molar-refractivity contribution in [1.29, 1.82) is 0 Å². The summed E-state index contributed by atoms with van der Waals surface area (Å²) in [6.45, 7) is -0.479. The molecule has 0 saturated carbocycles. The highest BCUT2D eigenvalue weighted by molar-refractivity contribution is 7.83. The molecule has 0 amide bonds. The fraction of sp³-hybridized carbons (Fsp3) is 0.333. The highest BCUT2D eigenvalue weighted by Crippen LogP contribution is 2.37. The van der Waals surface area contributed by atoms with Gasteiger partial charge in [0.15, 0.2) is 29.2 Å². The van der Waals surface area contributed by atoms with Crippen LogP contribution < -0.4 is 14.2 Å². The van der Waals surface area contributed by atoms with Crippen LogP contribution in [0.4, 0.5) is 0 Å². The van der Waals surface area contributed by atoms with Crippen LogP contribution in [0.1, 0.15) is 0 Å². The average molecular weight is 713 g/mol. The number of hydrogen-bond acceptors (Lipinski definition) is 10. The van der Waals surface area contributed by atoms with Crippen molar-refractivity contribution in [2.45, 2.75) is 0 Å². The van der Waals surface area contributed by atoms with Gasteiger partial charge in [0.25, 0.3) is 5.17 Å². The lowest BCUT2D eigenvalue weighted by Gasteiger charge is -2.16. The highest BCUT2D eigenvalue weighted by atomic mass is 35.5. The Hall–Kier alpha value is -2.19. The number of esters is 2. The van der Waals surface area contributed by atoms with E-state index in [2.05, 4.69) is 21.7 Å². The summed E-state index contributed by atoms with van der Waals surface area (Å²) in [5, 5.41) is 10.0. The number of carbonyl (C=O) groups is 2. The molecule has 41 heavy (non-hydrogen) atoms. The maximum atomic E-state index is 11.0. The smallest absolute Gasteiger partial charge is 0.343 e. The van der Waals surface area contributed by atoms with Crippen LogP contribution in [0.25, 0.3) is 0 Å². The van der Waals surface area contributed by atoms with Gasteiger partial charge in [0.1, 0.15) is 11.5 Å². The largest absolute Gasteiger partial charge is 0.505 e. The maximum Gasteiger partial charge on any atom is 0.343 e. The second kappa shape index (κ2) is 19.8. The second-order valence-corrected chi connectivity index (χ2v) is 10.5. The minimum atomic E-state index is -0.518. The van der Waals surface area contributed by atoms with E-state index < -0.39 is 11.9 Å². The van der Waals surface area contributed by atoms with Crippen LogP contribution in [-0.4, -0.2) is 92.1 Å². The molecule has 0 aliphatic heterocycles. The van der Waals surface area contributed by atoms with Crippen molar-refractivity contribution < 1.29 is 38.4 Å². The fourth-order valence-electron chi connectivity index (χ4n) is 1.92. The van der Waals surface area contributed by atoms with Crippen LogP contribution in [0, 0.1) is 0 Å². The lowest BCUT2D eigenvalue weighted by atomic mass is 10.3. The van der Waals surface area contributed by atoms with Crippen molar-refractivity contribution in [3.05, 3.63) is 44.4 Å². The van der Waals surface area contributed by atoms with E-state index in [1.165, 1.54) is 38.5 Å². The van der Waals surface area contributed by atoms with Crippen LogP contribution in [0.3, 0.4) is 0 Å². The summed E-state index contributed by atoms with van der Waals surface area (Å²) >= 11 is 38.2. The number of benzene rings is 2. The normalized spacial score (nSPS) is 9.54. The third-order valence-electron chi connectivity index (χ3n) is 4.04. The van der Waals surface area contributed by atoms with Crippen LogP contribution in [0.5, 0.6) is 23.0 Å². The van der Waals surface area contributed by atoms with Crippen LogP contribution in [-0.2, 0) is 19.1 Å². The second-order valence-electron chi connectivity index (χ2n) is 7.59. The third-order valence-corrected chi connectivity index (χ3v) is 6.33.